The van der Waals surface area contributed by atoms with Crippen molar-refractivity contribution in [3.05, 3.63) is 36.5 Å². The maximum absolute atomic E-state index is 13.4. The van der Waals surface area contributed by atoms with E-state index in [1.165, 1.54) is 154 Å². The monoisotopic (exact) mass is 1190 g/mol. The minimum atomic E-state index is -1.98. The number of hydrogen-bond donors (Lipinski definition) is 12. The molecule has 3 heterocycles. The summed E-state index contributed by atoms with van der Waals surface area (Å²) in [6.45, 7) is 1.71. The third-order valence-corrected chi connectivity index (χ3v) is 16.4. The van der Waals surface area contributed by atoms with E-state index in [1.54, 1.807) is 6.08 Å². The summed E-state index contributed by atoms with van der Waals surface area (Å²) in [5.74, 6) is -0.276. The van der Waals surface area contributed by atoms with Crippen molar-refractivity contribution in [3.8, 4) is 0 Å². The molecular weight excluding hydrogens is 1070 g/mol. The van der Waals surface area contributed by atoms with Crippen molar-refractivity contribution >= 4 is 5.91 Å². The minimum Gasteiger partial charge on any atom is -0.394 e. The van der Waals surface area contributed by atoms with Gasteiger partial charge in [-0.05, 0) is 51.4 Å². The van der Waals surface area contributed by atoms with E-state index in [9.17, 15) is 61.0 Å². The number of hydrogen-bond acceptors (Lipinski definition) is 18. The van der Waals surface area contributed by atoms with Crippen LogP contribution in [0.2, 0.25) is 0 Å². The Morgan fingerprint density at radius 1 is 0.434 bits per heavy atom. The zero-order valence-corrected chi connectivity index (χ0v) is 50.9. The van der Waals surface area contributed by atoms with Gasteiger partial charge in [0, 0.05) is 6.42 Å². The first-order valence-corrected chi connectivity index (χ1v) is 32.7. The van der Waals surface area contributed by atoms with Gasteiger partial charge in [-0.3, -0.25) is 4.79 Å². The standard InChI is InChI=1S/C64H117NO18/c1-3-5-7-9-11-13-15-17-18-19-20-21-22-23-24-25-26-27-28-30-32-34-36-38-40-42-52(70)65-47(48(69)41-39-37-35-33-31-29-16-14-12-10-8-6-4-2)46-78-62-58(76)55(73)60(50(44-67)80-62)83-64-59(77)56(74)61(51(45-68)81-64)82-63-57(75)54(72)53(71)49(43-66)79-63/h15,17,19-20,39,41,47-51,53-64,66-69,71-77H,3-14,16,18,21-38,40,42-46H2,1-2H3,(H,65,70)/b17-15-,20-19-,41-39+. The van der Waals surface area contributed by atoms with Gasteiger partial charge in [0.1, 0.15) is 73.2 Å². The van der Waals surface area contributed by atoms with E-state index >= 15 is 0 Å². The molecular formula is C64H117NO18. The Morgan fingerprint density at radius 2 is 0.795 bits per heavy atom. The predicted octanol–water partition coefficient (Wildman–Crippen LogP) is 7.27. The molecule has 19 heteroatoms. The Kier molecular flexibility index (Phi) is 42.7. The molecule has 0 bridgehead atoms. The molecule has 3 aliphatic rings. The second-order valence-corrected chi connectivity index (χ2v) is 23.6. The van der Waals surface area contributed by atoms with Gasteiger partial charge < -0.3 is 89.9 Å². The molecule has 1 amide bonds. The molecule has 0 aliphatic carbocycles. The van der Waals surface area contributed by atoms with Crippen LogP contribution in [0.5, 0.6) is 0 Å². The number of carbonyl (C=O) groups excluding carboxylic acids is 1. The number of allylic oxidation sites excluding steroid dienone is 5. The topological polar surface area (TPSA) is 307 Å². The molecule has 3 fully saturated rings. The van der Waals surface area contributed by atoms with Crippen molar-refractivity contribution in [1.29, 1.82) is 0 Å². The van der Waals surface area contributed by atoms with Crippen molar-refractivity contribution in [2.75, 3.05) is 26.4 Å². The third-order valence-electron chi connectivity index (χ3n) is 16.4. The lowest BCUT2D eigenvalue weighted by atomic mass is 9.96. The molecule has 0 aromatic heterocycles. The van der Waals surface area contributed by atoms with Gasteiger partial charge in [-0.15, -0.1) is 0 Å². The molecule has 0 aromatic carbocycles. The van der Waals surface area contributed by atoms with Gasteiger partial charge in [0.2, 0.25) is 5.91 Å². The number of aliphatic hydroxyl groups is 11. The van der Waals surface area contributed by atoms with E-state index in [0.717, 1.165) is 51.4 Å². The fraction of sp³-hybridized carbons (Fsp3) is 0.891. The lowest BCUT2D eigenvalue weighted by Gasteiger charge is -2.48. The summed E-state index contributed by atoms with van der Waals surface area (Å²) < 4.78 is 34.3. The number of carbonyl (C=O) groups is 1. The highest BCUT2D eigenvalue weighted by atomic mass is 16.8. The van der Waals surface area contributed by atoms with Crippen molar-refractivity contribution < 1.29 is 89.4 Å². The summed E-state index contributed by atoms with van der Waals surface area (Å²) in [6, 6.07) is -0.972. The van der Waals surface area contributed by atoms with Crippen LogP contribution in [0.4, 0.5) is 0 Å². The molecule has 3 rings (SSSR count). The smallest absolute Gasteiger partial charge is 0.220 e. The van der Waals surface area contributed by atoms with Crippen LogP contribution in [0.15, 0.2) is 36.5 Å². The minimum absolute atomic E-state index is 0.243. The van der Waals surface area contributed by atoms with Gasteiger partial charge >= 0.3 is 0 Å². The van der Waals surface area contributed by atoms with Crippen LogP contribution in [0.1, 0.15) is 232 Å². The van der Waals surface area contributed by atoms with Crippen LogP contribution in [0, 0.1) is 0 Å². The number of amides is 1. The van der Waals surface area contributed by atoms with E-state index in [0.29, 0.717) is 6.42 Å². The first-order chi connectivity index (χ1) is 40.3. The molecule has 17 unspecified atom stereocenters. The second kappa shape index (κ2) is 47.1. The fourth-order valence-electron chi connectivity index (χ4n) is 11.0. The van der Waals surface area contributed by atoms with Crippen molar-refractivity contribution in [2.45, 2.75) is 336 Å². The zero-order valence-electron chi connectivity index (χ0n) is 50.9. The number of rotatable bonds is 49. The molecule has 486 valence electrons. The van der Waals surface area contributed by atoms with E-state index in [2.05, 4.69) is 43.5 Å². The maximum atomic E-state index is 13.4. The summed E-state index contributed by atoms with van der Waals surface area (Å²) in [5, 5.41) is 120. The second-order valence-electron chi connectivity index (χ2n) is 23.6. The van der Waals surface area contributed by atoms with Gasteiger partial charge in [-0.1, -0.05) is 211 Å². The Bertz CT molecular complexity index is 1660. The van der Waals surface area contributed by atoms with Gasteiger partial charge in [-0.25, -0.2) is 0 Å². The van der Waals surface area contributed by atoms with Gasteiger partial charge in [0.25, 0.3) is 0 Å². The molecule has 3 aliphatic heterocycles. The van der Waals surface area contributed by atoms with E-state index in [-0.39, 0.29) is 18.9 Å². The summed E-state index contributed by atoms with van der Waals surface area (Å²) in [7, 11) is 0. The molecule has 19 nitrogen and oxygen atoms in total. The van der Waals surface area contributed by atoms with Gasteiger partial charge in [0.05, 0.1) is 38.6 Å². The van der Waals surface area contributed by atoms with Gasteiger partial charge in [0.15, 0.2) is 18.9 Å². The first kappa shape index (κ1) is 75.3. The Labute approximate surface area is 498 Å². The molecule has 0 radical (unpaired) electrons. The zero-order chi connectivity index (χ0) is 60.5. The van der Waals surface area contributed by atoms with Gasteiger partial charge in [-0.2, -0.15) is 0 Å². The third kappa shape index (κ3) is 30.2. The van der Waals surface area contributed by atoms with Crippen molar-refractivity contribution in [2.24, 2.45) is 0 Å². The summed E-state index contributed by atoms with van der Waals surface area (Å²) in [4.78, 5) is 13.4. The van der Waals surface area contributed by atoms with Crippen molar-refractivity contribution in [1.82, 2.24) is 5.32 Å². The molecule has 3 saturated heterocycles. The summed E-state index contributed by atoms with van der Waals surface area (Å²) >= 11 is 0. The highest BCUT2D eigenvalue weighted by Gasteiger charge is 2.53. The highest BCUT2D eigenvalue weighted by molar-refractivity contribution is 5.76. The fourth-order valence-corrected chi connectivity index (χ4v) is 11.0. The molecule has 0 aromatic rings. The van der Waals surface area contributed by atoms with Crippen LogP contribution >= 0.6 is 0 Å². The maximum Gasteiger partial charge on any atom is 0.220 e. The molecule has 17 atom stereocenters. The summed E-state index contributed by atoms with van der Waals surface area (Å²) in [6.07, 6.45) is 25.5. The van der Waals surface area contributed by atoms with Crippen molar-refractivity contribution in [3.63, 3.8) is 0 Å². The lowest BCUT2D eigenvalue weighted by molar-refractivity contribution is -0.379. The average molecular weight is 1190 g/mol. The predicted molar refractivity (Wildman–Crippen MR) is 319 cm³/mol. The van der Waals surface area contributed by atoms with Crippen LogP contribution in [0.25, 0.3) is 0 Å². The van der Waals surface area contributed by atoms with Crippen LogP contribution in [-0.2, 0) is 33.2 Å². The normalized spacial score (nSPS) is 29.6. The summed E-state index contributed by atoms with van der Waals surface area (Å²) in [5.41, 5.74) is 0. The SMILES string of the molecule is CCCCCCC/C=C\C/C=C\CCCCCCCCCCCCCCCC(=O)NC(COC1OC(CO)C(OC2OC(CO)C(OC3OC(CO)C(O)C(O)C3O)C(O)C2O)C(O)C1O)C(O)/C=C/CCCCCCCCCCCCC. The Balaban J connectivity index is 1.43. The van der Waals surface area contributed by atoms with Crippen LogP contribution in [0.3, 0.4) is 0 Å². The molecule has 0 spiro atoms. The van der Waals surface area contributed by atoms with E-state index < -0.39 is 124 Å². The number of aliphatic hydroxyl groups excluding tert-OH is 11. The highest BCUT2D eigenvalue weighted by Crippen LogP contribution is 2.33. The number of ether oxygens (including phenoxy) is 6. The first-order valence-electron chi connectivity index (χ1n) is 32.7. The quantitative estimate of drug-likeness (QED) is 0.0211. The number of nitrogens with one attached hydrogen (secondary N) is 1. The van der Waals surface area contributed by atoms with Crippen LogP contribution in [-0.4, -0.2) is 193 Å². The molecule has 12 N–H and O–H groups in total. The average Bonchev–Trinajstić information content (AvgIpc) is 3.57. The Morgan fingerprint density at radius 3 is 1.23 bits per heavy atom. The van der Waals surface area contributed by atoms with E-state index in [1.807, 2.05) is 6.08 Å². The molecule has 0 saturated carbocycles. The molecule has 83 heavy (non-hydrogen) atoms. The largest absolute Gasteiger partial charge is 0.394 e. The number of unbranched alkanes of at least 4 members (excludes halogenated alkanes) is 29. The van der Waals surface area contributed by atoms with Crippen LogP contribution < -0.4 is 5.32 Å². The Hall–Kier alpha value is -1.99. The van der Waals surface area contributed by atoms with E-state index in [4.69, 9.17) is 28.4 Å². The lowest BCUT2D eigenvalue weighted by Crippen LogP contribution is -2.66.